The van der Waals surface area contributed by atoms with E-state index in [1.165, 1.54) is 0 Å². The Kier molecular flexibility index (Phi) is 3.76. The minimum atomic E-state index is -0.722. The first kappa shape index (κ1) is 14.7. The summed E-state index contributed by atoms with van der Waals surface area (Å²) in [6.07, 6.45) is 0.622. The second-order valence-corrected chi connectivity index (χ2v) is 8.02. The second-order valence-electron chi connectivity index (χ2n) is 7.08. The van der Waals surface area contributed by atoms with Crippen LogP contribution in [0.25, 0.3) is 0 Å². The Labute approximate surface area is 109 Å². The van der Waals surface area contributed by atoms with Crippen molar-refractivity contribution in [3.63, 3.8) is 0 Å². The van der Waals surface area contributed by atoms with Gasteiger partial charge in [-0.2, -0.15) is 0 Å². The van der Waals surface area contributed by atoms with Crippen LogP contribution in [0.5, 0.6) is 0 Å². The highest BCUT2D eigenvalue weighted by atomic mass is 32.1. The summed E-state index contributed by atoms with van der Waals surface area (Å²) < 4.78 is 0. The lowest BCUT2D eigenvalue weighted by molar-refractivity contribution is -0.0406. The van der Waals surface area contributed by atoms with Crippen LogP contribution >= 0.6 is 11.3 Å². The standard InChI is InChI=1S/C14H25NOS/c1-12(2,3)10-9-17-11(15-10)8-14(7,16)13(4,5)6/h9,16H,8H2,1-7H3. The normalized spacial score (nSPS) is 16.9. The van der Waals surface area contributed by atoms with Gasteiger partial charge in [-0.3, -0.25) is 0 Å². The minimum Gasteiger partial charge on any atom is -0.389 e. The van der Waals surface area contributed by atoms with Crippen molar-refractivity contribution in [2.75, 3.05) is 0 Å². The Hall–Kier alpha value is -0.410. The largest absolute Gasteiger partial charge is 0.389 e. The zero-order valence-corrected chi connectivity index (χ0v) is 12.9. The number of thiazole rings is 1. The third-order valence-corrected chi connectivity index (χ3v) is 4.28. The van der Waals surface area contributed by atoms with E-state index >= 15 is 0 Å². The first-order valence-corrected chi connectivity index (χ1v) is 6.99. The Bertz CT molecular complexity index is 380. The molecule has 17 heavy (non-hydrogen) atoms. The van der Waals surface area contributed by atoms with Gasteiger partial charge in [0.1, 0.15) is 0 Å². The molecule has 1 N–H and O–H groups in total. The van der Waals surface area contributed by atoms with Crippen LogP contribution in [0, 0.1) is 5.41 Å². The van der Waals surface area contributed by atoms with Crippen molar-refractivity contribution < 1.29 is 5.11 Å². The lowest BCUT2D eigenvalue weighted by Crippen LogP contribution is -2.41. The summed E-state index contributed by atoms with van der Waals surface area (Å²) in [5.41, 5.74) is 0.338. The molecule has 0 amide bonds. The van der Waals surface area contributed by atoms with Gasteiger partial charge in [-0.25, -0.2) is 4.98 Å². The molecule has 0 saturated heterocycles. The van der Waals surface area contributed by atoms with Crippen LogP contribution in [0.1, 0.15) is 59.2 Å². The molecule has 0 aliphatic heterocycles. The van der Waals surface area contributed by atoms with Gasteiger partial charge in [-0.15, -0.1) is 11.3 Å². The molecule has 1 aromatic heterocycles. The molecular weight excluding hydrogens is 230 g/mol. The van der Waals surface area contributed by atoms with Gasteiger partial charge in [0.2, 0.25) is 0 Å². The van der Waals surface area contributed by atoms with Crippen molar-refractivity contribution in [1.82, 2.24) is 4.98 Å². The molecule has 98 valence electrons. The fourth-order valence-corrected chi connectivity index (χ4v) is 2.47. The van der Waals surface area contributed by atoms with Crippen LogP contribution in [0.4, 0.5) is 0 Å². The number of hydrogen-bond acceptors (Lipinski definition) is 3. The van der Waals surface area contributed by atoms with E-state index in [9.17, 15) is 5.11 Å². The molecule has 0 aromatic carbocycles. The molecule has 1 rings (SSSR count). The summed E-state index contributed by atoms with van der Waals surface area (Å²) in [6.45, 7) is 14.6. The van der Waals surface area contributed by atoms with Gasteiger partial charge in [0.25, 0.3) is 0 Å². The van der Waals surface area contributed by atoms with Crippen LogP contribution in [-0.4, -0.2) is 15.7 Å². The molecule has 1 aromatic rings. The van der Waals surface area contributed by atoms with E-state index in [1.807, 2.05) is 6.92 Å². The van der Waals surface area contributed by atoms with Crippen LogP contribution < -0.4 is 0 Å². The molecule has 1 unspecified atom stereocenters. The van der Waals surface area contributed by atoms with Gasteiger partial charge >= 0.3 is 0 Å². The summed E-state index contributed by atoms with van der Waals surface area (Å²) in [5, 5.41) is 13.6. The Morgan fingerprint density at radius 2 is 1.65 bits per heavy atom. The number of rotatable bonds is 2. The lowest BCUT2D eigenvalue weighted by Gasteiger charge is -2.36. The summed E-state index contributed by atoms with van der Waals surface area (Å²) in [7, 11) is 0. The maximum absolute atomic E-state index is 10.5. The molecule has 3 heteroatoms. The predicted molar refractivity (Wildman–Crippen MR) is 74.6 cm³/mol. The molecule has 0 bridgehead atoms. The molecule has 1 heterocycles. The molecule has 0 aliphatic carbocycles. The molecule has 0 saturated carbocycles. The van der Waals surface area contributed by atoms with E-state index < -0.39 is 5.60 Å². The first-order chi connectivity index (χ1) is 7.43. The molecular formula is C14H25NOS. The fourth-order valence-electron chi connectivity index (χ4n) is 1.30. The smallest absolute Gasteiger partial charge is 0.0957 e. The molecule has 0 radical (unpaired) electrons. The van der Waals surface area contributed by atoms with Gasteiger partial charge in [0.05, 0.1) is 16.3 Å². The van der Waals surface area contributed by atoms with Crippen molar-refractivity contribution in [2.24, 2.45) is 5.41 Å². The molecule has 0 spiro atoms. The second kappa shape index (κ2) is 4.36. The van der Waals surface area contributed by atoms with Crippen molar-refractivity contribution in [2.45, 2.75) is 65.9 Å². The SMILES string of the molecule is CC(C)(C)c1csc(CC(C)(O)C(C)(C)C)n1. The van der Waals surface area contributed by atoms with E-state index in [-0.39, 0.29) is 10.8 Å². The average Bonchev–Trinajstić information content (AvgIpc) is 2.48. The minimum absolute atomic E-state index is 0.0857. The zero-order valence-electron chi connectivity index (χ0n) is 12.1. The number of nitrogens with zero attached hydrogens (tertiary/aromatic N) is 1. The monoisotopic (exact) mass is 255 g/mol. The Balaban J connectivity index is 2.87. The highest BCUT2D eigenvalue weighted by Gasteiger charge is 2.36. The van der Waals surface area contributed by atoms with E-state index in [0.717, 1.165) is 10.7 Å². The van der Waals surface area contributed by atoms with Gasteiger partial charge < -0.3 is 5.11 Å². The number of aliphatic hydroxyl groups is 1. The van der Waals surface area contributed by atoms with Gasteiger partial charge in [0.15, 0.2) is 0 Å². The van der Waals surface area contributed by atoms with Crippen molar-refractivity contribution in [3.05, 3.63) is 16.1 Å². The highest BCUT2D eigenvalue weighted by Crippen LogP contribution is 2.34. The van der Waals surface area contributed by atoms with Crippen molar-refractivity contribution in [3.8, 4) is 0 Å². The summed E-state index contributed by atoms with van der Waals surface area (Å²) >= 11 is 1.65. The predicted octanol–water partition coefficient (Wildman–Crippen LogP) is 3.78. The maximum atomic E-state index is 10.5. The fraction of sp³-hybridized carbons (Fsp3) is 0.786. The van der Waals surface area contributed by atoms with E-state index in [2.05, 4.69) is 51.9 Å². The lowest BCUT2D eigenvalue weighted by atomic mass is 9.76. The summed E-state index contributed by atoms with van der Waals surface area (Å²) in [5.74, 6) is 0. The quantitative estimate of drug-likeness (QED) is 0.872. The molecule has 0 aliphatic rings. The average molecular weight is 255 g/mol. The zero-order chi connectivity index (χ0) is 13.5. The van der Waals surface area contributed by atoms with Crippen molar-refractivity contribution in [1.29, 1.82) is 0 Å². The van der Waals surface area contributed by atoms with Gasteiger partial charge in [-0.1, -0.05) is 41.5 Å². The van der Waals surface area contributed by atoms with Crippen molar-refractivity contribution >= 4 is 11.3 Å². The third kappa shape index (κ3) is 3.52. The van der Waals surface area contributed by atoms with Crippen LogP contribution in [-0.2, 0) is 11.8 Å². The maximum Gasteiger partial charge on any atom is 0.0957 e. The third-order valence-electron chi connectivity index (χ3n) is 3.43. The van der Waals surface area contributed by atoms with Crippen LogP contribution in [0.2, 0.25) is 0 Å². The molecule has 2 nitrogen and oxygen atoms in total. The number of aromatic nitrogens is 1. The van der Waals surface area contributed by atoms with Crippen LogP contribution in [0.15, 0.2) is 5.38 Å². The highest BCUT2D eigenvalue weighted by molar-refractivity contribution is 7.09. The Morgan fingerprint density at radius 1 is 1.12 bits per heavy atom. The number of hydrogen-bond donors (Lipinski definition) is 1. The summed E-state index contributed by atoms with van der Waals surface area (Å²) in [4.78, 5) is 4.64. The van der Waals surface area contributed by atoms with E-state index in [0.29, 0.717) is 6.42 Å². The molecule has 0 fully saturated rings. The van der Waals surface area contributed by atoms with Gasteiger partial charge in [0, 0.05) is 17.2 Å². The molecule has 1 atom stereocenters. The van der Waals surface area contributed by atoms with Gasteiger partial charge in [-0.05, 0) is 12.3 Å². The first-order valence-electron chi connectivity index (χ1n) is 6.11. The van der Waals surface area contributed by atoms with Crippen LogP contribution in [0.3, 0.4) is 0 Å². The van der Waals surface area contributed by atoms with E-state index in [4.69, 9.17) is 0 Å². The topological polar surface area (TPSA) is 33.1 Å². The Morgan fingerprint density at radius 3 is 2.00 bits per heavy atom. The summed E-state index contributed by atoms with van der Waals surface area (Å²) in [6, 6.07) is 0. The van der Waals surface area contributed by atoms with E-state index in [1.54, 1.807) is 11.3 Å².